The SMILES string of the molecule is CCCC1CN(c2cc(OC)ccc2Br)C1. The van der Waals surface area contributed by atoms with Gasteiger partial charge in [-0.2, -0.15) is 0 Å². The van der Waals surface area contributed by atoms with Gasteiger partial charge in [-0.25, -0.2) is 0 Å². The second-order valence-corrected chi connectivity index (χ2v) is 5.23. The molecule has 0 radical (unpaired) electrons. The Hall–Kier alpha value is -0.700. The summed E-state index contributed by atoms with van der Waals surface area (Å²) in [5.41, 5.74) is 1.26. The summed E-state index contributed by atoms with van der Waals surface area (Å²) in [6.45, 7) is 4.61. The first-order valence-corrected chi connectivity index (χ1v) is 6.62. The van der Waals surface area contributed by atoms with Crippen LogP contribution in [-0.4, -0.2) is 20.2 Å². The van der Waals surface area contributed by atoms with Crippen LogP contribution >= 0.6 is 15.9 Å². The molecule has 0 N–H and O–H groups in total. The maximum Gasteiger partial charge on any atom is 0.121 e. The minimum absolute atomic E-state index is 0.878. The zero-order valence-corrected chi connectivity index (χ0v) is 11.5. The van der Waals surface area contributed by atoms with E-state index in [4.69, 9.17) is 4.74 Å². The van der Waals surface area contributed by atoms with Crippen LogP contribution in [0.25, 0.3) is 0 Å². The molecule has 1 heterocycles. The molecule has 1 aromatic rings. The average molecular weight is 284 g/mol. The van der Waals surface area contributed by atoms with Gasteiger partial charge in [0.05, 0.1) is 12.8 Å². The van der Waals surface area contributed by atoms with Crippen LogP contribution in [-0.2, 0) is 0 Å². The first kappa shape index (κ1) is 11.8. The Kier molecular flexibility index (Phi) is 3.74. The second-order valence-electron chi connectivity index (χ2n) is 4.38. The molecule has 0 aliphatic carbocycles. The quantitative estimate of drug-likeness (QED) is 0.836. The summed E-state index contributed by atoms with van der Waals surface area (Å²) in [7, 11) is 1.71. The Bertz CT molecular complexity index is 361. The Labute approximate surface area is 106 Å². The van der Waals surface area contributed by atoms with Crippen molar-refractivity contribution in [2.75, 3.05) is 25.1 Å². The molecule has 1 fully saturated rings. The van der Waals surface area contributed by atoms with Crippen molar-refractivity contribution in [3.8, 4) is 5.75 Å². The van der Waals surface area contributed by atoms with Gasteiger partial charge in [-0.15, -0.1) is 0 Å². The Morgan fingerprint density at radius 1 is 1.44 bits per heavy atom. The number of hydrogen-bond acceptors (Lipinski definition) is 2. The van der Waals surface area contributed by atoms with Gasteiger partial charge in [0.15, 0.2) is 0 Å². The largest absolute Gasteiger partial charge is 0.497 e. The third-order valence-electron chi connectivity index (χ3n) is 3.15. The van der Waals surface area contributed by atoms with Crippen molar-refractivity contribution in [1.82, 2.24) is 0 Å². The summed E-state index contributed by atoms with van der Waals surface area (Å²) in [5.74, 6) is 1.81. The second kappa shape index (κ2) is 5.09. The summed E-state index contributed by atoms with van der Waals surface area (Å²) in [6.07, 6.45) is 2.63. The van der Waals surface area contributed by atoms with Gasteiger partial charge in [0, 0.05) is 23.6 Å². The third-order valence-corrected chi connectivity index (χ3v) is 3.82. The van der Waals surface area contributed by atoms with E-state index in [1.165, 1.54) is 31.6 Å². The van der Waals surface area contributed by atoms with Gasteiger partial charge in [-0.05, 0) is 40.4 Å². The molecule has 0 unspecified atom stereocenters. The highest BCUT2D eigenvalue weighted by Crippen LogP contribution is 2.35. The number of rotatable bonds is 4. The zero-order valence-electron chi connectivity index (χ0n) is 9.87. The molecule has 3 heteroatoms. The lowest BCUT2D eigenvalue weighted by atomic mass is 9.94. The fourth-order valence-corrected chi connectivity index (χ4v) is 2.72. The summed E-state index contributed by atoms with van der Waals surface area (Å²) in [6, 6.07) is 6.14. The molecule has 2 rings (SSSR count). The first-order chi connectivity index (χ1) is 7.74. The van der Waals surface area contributed by atoms with Crippen LogP contribution in [0.1, 0.15) is 19.8 Å². The van der Waals surface area contributed by atoms with Gasteiger partial charge in [-0.1, -0.05) is 13.3 Å². The van der Waals surface area contributed by atoms with Gasteiger partial charge < -0.3 is 9.64 Å². The van der Waals surface area contributed by atoms with E-state index in [0.717, 1.165) is 16.1 Å². The molecular formula is C13H18BrNO. The van der Waals surface area contributed by atoms with E-state index in [0.29, 0.717) is 0 Å². The smallest absolute Gasteiger partial charge is 0.121 e. The normalized spacial score (nSPS) is 16.1. The van der Waals surface area contributed by atoms with Crippen LogP contribution in [0.4, 0.5) is 5.69 Å². The Morgan fingerprint density at radius 2 is 2.19 bits per heavy atom. The van der Waals surface area contributed by atoms with Gasteiger partial charge in [0.2, 0.25) is 0 Å². The molecule has 0 amide bonds. The molecule has 0 aromatic heterocycles. The summed E-state index contributed by atoms with van der Waals surface area (Å²) in [4.78, 5) is 2.41. The number of nitrogens with zero attached hydrogens (tertiary/aromatic N) is 1. The molecule has 2 nitrogen and oxygen atoms in total. The molecule has 1 aliphatic rings. The molecule has 0 bridgehead atoms. The minimum atomic E-state index is 0.878. The summed E-state index contributed by atoms with van der Waals surface area (Å²) in [5, 5.41) is 0. The monoisotopic (exact) mass is 283 g/mol. The van der Waals surface area contributed by atoms with Crippen LogP contribution in [0.5, 0.6) is 5.75 Å². The molecule has 16 heavy (non-hydrogen) atoms. The van der Waals surface area contributed by atoms with Gasteiger partial charge in [0.25, 0.3) is 0 Å². The van der Waals surface area contributed by atoms with Crippen molar-refractivity contribution in [3.05, 3.63) is 22.7 Å². The molecule has 1 aliphatic heterocycles. The maximum atomic E-state index is 5.26. The Morgan fingerprint density at radius 3 is 2.81 bits per heavy atom. The third kappa shape index (κ3) is 2.34. The lowest BCUT2D eigenvalue weighted by Crippen LogP contribution is -2.46. The molecule has 1 aromatic carbocycles. The van der Waals surface area contributed by atoms with E-state index in [1.54, 1.807) is 7.11 Å². The number of halogens is 1. The van der Waals surface area contributed by atoms with Crippen molar-refractivity contribution in [1.29, 1.82) is 0 Å². The van der Waals surface area contributed by atoms with Gasteiger partial charge in [0.1, 0.15) is 5.75 Å². The van der Waals surface area contributed by atoms with Crippen molar-refractivity contribution >= 4 is 21.6 Å². The minimum Gasteiger partial charge on any atom is -0.497 e. The molecule has 0 atom stereocenters. The van der Waals surface area contributed by atoms with E-state index >= 15 is 0 Å². The highest BCUT2D eigenvalue weighted by atomic mass is 79.9. The number of benzene rings is 1. The van der Waals surface area contributed by atoms with Crippen molar-refractivity contribution < 1.29 is 4.74 Å². The topological polar surface area (TPSA) is 12.5 Å². The number of methoxy groups -OCH3 is 1. The van der Waals surface area contributed by atoms with Crippen LogP contribution in [0.2, 0.25) is 0 Å². The fraction of sp³-hybridized carbons (Fsp3) is 0.538. The van der Waals surface area contributed by atoms with Gasteiger partial charge >= 0.3 is 0 Å². The molecule has 0 saturated carbocycles. The predicted molar refractivity (Wildman–Crippen MR) is 71.3 cm³/mol. The van der Waals surface area contributed by atoms with Crippen LogP contribution in [0.15, 0.2) is 22.7 Å². The number of hydrogen-bond donors (Lipinski definition) is 0. The first-order valence-electron chi connectivity index (χ1n) is 5.83. The van der Waals surface area contributed by atoms with Crippen LogP contribution in [0, 0.1) is 5.92 Å². The lowest BCUT2D eigenvalue weighted by Gasteiger charge is -2.41. The van der Waals surface area contributed by atoms with Crippen molar-refractivity contribution in [2.24, 2.45) is 5.92 Å². The van der Waals surface area contributed by atoms with Crippen LogP contribution in [0.3, 0.4) is 0 Å². The van der Waals surface area contributed by atoms with Crippen molar-refractivity contribution in [2.45, 2.75) is 19.8 Å². The molecular weight excluding hydrogens is 266 g/mol. The highest BCUT2D eigenvalue weighted by molar-refractivity contribution is 9.10. The fourth-order valence-electron chi connectivity index (χ4n) is 2.22. The van der Waals surface area contributed by atoms with E-state index in [1.807, 2.05) is 6.07 Å². The summed E-state index contributed by atoms with van der Waals surface area (Å²) < 4.78 is 6.41. The molecule has 88 valence electrons. The van der Waals surface area contributed by atoms with E-state index in [2.05, 4.69) is 39.9 Å². The van der Waals surface area contributed by atoms with Gasteiger partial charge in [-0.3, -0.25) is 0 Å². The Balaban J connectivity index is 2.05. The lowest BCUT2D eigenvalue weighted by molar-refractivity contribution is 0.378. The standard InChI is InChI=1S/C13H18BrNO/c1-3-4-10-8-15(9-10)13-7-11(16-2)5-6-12(13)14/h5-7,10H,3-4,8-9H2,1-2H3. The molecule has 1 saturated heterocycles. The summed E-state index contributed by atoms with van der Waals surface area (Å²) >= 11 is 3.60. The van der Waals surface area contributed by atoms with Crippen molar-refractivity contribution in [3.63, 3.8) is 0 Å². The maximum absolute atomic E-state index is 5.26. The van der Waals surface area contributed by atoms with E-state index < -0.39 is 0 Å². The average Bonchev–Trinajstić information content (AvgIpc) is 2.24. The molecule has 0 spiro atoms. The van der Waals surface area contributed by atoms with E-state index in [-0.39, 0.29) is 0 Å². The highest BCUT2D eigenvalue weighted by Gasteiger charge is 2.27. The van der Waals surface area contributed by atoms with Crippen LogP contribution < -0.4 is 9.64 Å². The number of anilines is 1. The van der Waals surface area contributed by atoms with E-state index in [9.17, 15) is 0 Å². The number of ether oxygens (including phenoxy) is 1. The zero-order chi connectivity index (χ0) is 11.5. The predicted octanol–water partition coefficient (Wildman–Crippen LogP) is 3.69.